The molecule has 0 fully saturated rings. The van der Waals surface area contributed by atoms with Crippen LogP contribution in [0.25, 0.3) is 0 Å². The van der Waals surface area contributed by atoms with Crippen LogP contribution in [0.5, 0.6) is 11.5 Å². The van der Waals surface area contributed by atoms with Gasteiger partial charge in [-0.15, -0.1) is 0 Å². The van der Waals surface area contributed by atoms with Crippen molar-refractivity contribution in [2.45, 2.75) is 0 Å². The number of nitrogens with zero attached hydrogens (tertiary/aromatic N) is 1. The molecule has 0 saturated carbocycles. The number of benzene rings is 2. The van der Waals surface area contributed by atoms with E-state index < -0.39 is 0 Å². The first-order chi connectivity index (χ1) is 11.1. The SMILES string of the molecule is COc1ccc(C(=O)N/N=C/c2cccc(Cl)c2Cl)cc1OC. The van der Waals surface area contributed by atoms with Gasteiger partial charge in [-0.3, -0.25) is 4.79 Å². The number of amides is 1. The third-order valence-electron chi connectivity index (χ3n) is 3.00. The van der Waals surface area contributed by atoms with Crippen molar-refractivity contribution in [2.24, 2.45) is 5.10 Å². The zero-order valence-electron chi connectivity index (χ0n) is 12.5. The van der Waals surface area contributed by atoms with E-state index in [1.54, 1.807) is 36.4 Å². The van der Waals surface area contributed by atoms with Crippen molar-refractivity contribution in [1.82, 2.24) is 5.43 Å². The van der Waals surface area contributed by atoms with Crippen molar-refractivity contribution in [1.29, 1.82) is 0 Å². The Morgan fingerprint density at radius 1 is 1.13 bits per heavy atom. The van der Waals surface area contributed by atoms with Gasteiger partial charge in [0.25, 0.3) is 5.91 Å². The van der Waals surface area contributed by atoms with Crippen LogP contribution in [0.2, 0.25) is 10.0 Å². The largest absolute Gasteiger partial charge is 0.493 e. The molecule has 120 valence electrons. The fourth-order valence-corrected chi connectivity index (χ4v) is 2.18. The fourth-order valence-electron chi connectivity index (χ4n) is 1.82. The van der Waals surface area contributed by atoms with Crippen molar-refractivity contribution in [3.63, 3.8) is 0 Å². The summed E-state index contributed by atoms with van der Waals surface area (Å²) in [5, 5.41) is 4.67. The molecule has 0 unspecified atom stereocenters. The number of carbonyl (C=O) groups is 1. The van der Waals surface area contributed by atoms with Crippen LogP contribution in [0.4, 0.5) is 0 Å². The van der Waals surface area contributed by atoms with E-state index in [1.807, 2.05) is 0 Å². The fraction of sp³-hybridized carbons (Fsp3) is 0.125. The molecule has 2 rings (SSSR count). The van der Waals surface area contributed by atoms with Crippen LogP contribution in [0.1, 0.15) is 15.9 Å². The van der Waals surface area contributed by atoms with Gasteiger partial charge in [-0.1, -0.05) is 35.3 Å². The lowest BCUT2D eigenvalue weighted by molar-refractivity contribution is 0.0954. The van der Waals surface area contributed by atoms with Crippen LogP contribution >= 0.6 is 23.2 Å². The predicted molar refractivity (Wildman–Crippen MR) is 91.1 cm³/mol. The molecule has 0 bridgehead atoms. The smallest absolute Gasteiger partial charge is 0.271 e. The van der Waals surface area contributed by atoms with Crippen molar-refractivity contribution in [3.05, 3.63) is 57.6 Å². The van der Waals surface area contributed by atoms with E-state index in [2.05, 4.69) is 10.5 Å². The molecule has 0 atom stereocenters. The van der Waals surface area contributed by atoms with Crippen molar-refractivity contribution in [2.75, 3.05) is 14.2 Å². The van der Waals surface area contributed by atoms with Gasteiger partial charge >= 0.3 is 0 Å². The summed E-state index contributed by atoms with van der Waals surface area (Å²) in [7, 11) is 3.02. The molecule has 0 heterocycles. The first-order valence-electron chi connectivity index (χ1n) is 6.56. The topological polar surface area (TPSA) is 59.9 Å². The number of halogens is 2. The van der Waals surface area contributed by atoms with Gasteiger partial charge in [0.2, 0.25) is 0 Å². The molecule has 5 nitrogen and oxygen atoms in total. The van der Waals surface area contributed by atoms with Gasteiger partial charge in [0.05, 0.1) is 30.5 Å². The third-order valence-corrected chi connectivity index (χ3v) is 3.83. The average Bonchev–Trinajstić information content (AvgIpc) is 2.57. The van der Waals surface area contributed by atoms with Gasteiger partial charge < -0.3 is 9.47 Å². The van der Waals surface area contributed by atoms with Crippen LogP contribution in [-0.2, 0) is 0 Å². The second-order valence-corrected chi connectivity index (χ2v) is 5.20. The summed E-state index contributed by atoms with van der Waals surface area (Å²) in [4.78, 5) is 12.1. The van der Waals surface area contributed by atoms with Crippen LogP contribution in [0.3, 0.4) is 0 Å². The summed E-state index contributed by atoms with van der Waals surface area (Å²) in [6, 6.07) is 9.97. The summed E-state index contributed by atoms with van der Waals surface area (Å²) in [5.74, 6) is 0.612. The van der Waals surface area contributed by atoms with Crippen molar-refractivity contribution >= 4 is 35.3 Å². The van der Waals surface area contributed by atoms with E-state index in [0.29, 0.717) is 32.7 Å². The highest BCUT2D eigenvalue weighted by Crippen LogP contribution is 2.27. The number of methoxy groups -OCH3 is 2. The predicted octanol–water partition coefficient (Wildman–Crippen LogP) is 3.77. The Morgan fingerprint density at radius 2 is 1.87 bits per heavy atom. The number of hydrazone groups is 1. The molecule has 0 aromatic heterocycles. The van der Waals surface area contributed by atoms with Gasteiger partial charge in [-0.25, -0.2) is 5.43 Å². The zero-order valence-corrected chi connectivity index (χ0v) is 14.0. The normalized spacial score (nSPS) is 10.6. The number of rotatable bonds is 5. The summed E-state index contributed by atoms with van der Waals surface area (Å²) < 4.78 is 10.3. The molecule has 0 aliphatic rings. The lowest BCUT2D eigenvalue weighted by Gasteiger charge is -2.08. The first-order valence-corrected chi connectivity index (χ1v) is 7.32. The Hall–Kier alpha value is -2.24. The monoisotopic (exact) mass is 352 g/mol. The number of hydrogen-bond donors (Lipinski definition) is 1. The van der Waals surface area contributed by atoms with Gasteiger partial charge in [-0.2, -0.15) is 5.10 Å². The Labute approximate surface area is 143 Å². The molecule has 23 heavy (non-hydrogen) atoms. The molecular weight excluding hydrogens is 339 g/mol. The number of nitrogens with one attached hydrogen (secondary N) is 1. The van der Waals surface area contributed by atoms with E-state index >= 15 is 0 Å². The maximum Gasteiger partial charge on any atom is 0.271 e. The van der Waals surface area contributed by atoms with Crippen LogP contribution in [0, 0.1) is 0 Å². The summed E-state index contributed by atoms with van der Waals surface area (Å²) in [6.45, 7) is 0. The van der Waals surface area contributed by atoms with Crippen LogP contribution < -0.4 is 14.9 Å². The van der Waals surface area contributed by atoms with Crippen molar-refractivity contribution in [3.8, 4) is 11.5 Å². The highest BCUT2D eigenvalue weighted by Gasteiger charge is 2.10. The van der Waals surface area contributed by atoms with Gasteiger partial charge in [0.1, 0.15) is 0 Å². The molecule has 2 aromatic carbocycles. The third kappa shape index (κ3) is 4.15. The average molecular weight is 353 g/mol. The second-order valence-electron chi connectivity index (χ2n) is 4.41. The Kier molecular flexibility index (Phi) is 5.84. The van der Waals surface area contributed by atoms with Crippen molar-refractivity contribution < 1.29 is 14.3 Å². The highest BCUT2D eigenvalue weighted by atomic mass is 35.5. The van der Waals surface area contributed by atoms with Crippen LogP contribution in [0.15, 0.2) is 41.5 Å². The molecule has 1 amide bonds. The molecule has 2 aromatic rings. The Balaban J connectivity index is 2.10. The number of hydrogen-bond acceptors (Lipinski definition) is 4. The molecule has 0 saturated heterocycles. The summed E-state index contributed by atoms with van der Waals surface area (Å²) in [6.07, 6.45) is 1.42. The van der Waals surface area contributed by atoms with E-state index in [-0.39, 0.29) is 5.91 Å². The number of carbonyl (C=O) groups excluding carboxylic acids is 1. The molecule has 1 N–H and O–H groups in total. The molecule has 7 heteroatoms. The van der Waals surface area contributed by atoms with Gasteiger partial charge in [-0.05, 0) is 24.3 Å². The molecule has 0 radical (unpaired) electrons. The maximum absolute atomic E-state index is 12.1. The quantitative estimate of drug-likeness (QED) is 0.658. The highest BCUT2D eigenvalue weighted by molar-refractivity contribution is 6.43. The molecular formula is C16H14Cl2N2O3. The van der Waals surface area contributed by atoms with E-state index in [1.165, 1.54) is 20.4 Å². The van der Waals surface area contributed by atoms with Gasteiger partial charge in [0, 0.05) is 11.1 Å². The molecule has 0 aliphatic carbocycles. The second kappa shape index (κ2) is 7.85. The first kappa shape index (κ1) is 17.1. The Morgan fingerprint density at radius 3 is 2.57 bits per heavy atom. The summed E-state index contributed by atoms with van der Waals surface area (Å²) >= 11 is 11.9. The van der Waals surface area contributed by atoms with Gasteiger partial charge in [0.15, 0.2) is 11.5 Å². The maximum atomic E-state index is 12.1. The Bertz CT molecular complexity index is 748. The van der Waals surface area contributed by atoms with E-state index in [9.17, 15) is 4.79 Å². The van der Waals surface area contributed by atoms with E-state index in [0.717, 1.165) is 0 Å². The minimum Gasteiger partial charge on any atom is -0.493 e. The molecule has 0 aliphatic heterocycles. The van der Waals surface area contributed by atoms with Crippen LogP contribution in [-0.4, -0.2) is 26.3 Å². The minimum absolute atomic E-state index is 0.373. The molecule has 0 spiro atoms. The lowest BCUT2D eigenvalue weighted by atomic mass is 10.2. The number of ether oxygens (including phenoxy) is 2. The standard InChI is InChI=1S/C16H14Cl2N2O3/c1-22-13-7-6-10(8-14(13)23-2)16(21)20-19-9-11-4-3-5-12(17)15(11)18/h3-9H,1-2H3,(H,20,21)/b19-9+. The lowest BCUT2D eigenvalue weighted by Crippen LogP contribution is -2.17. The zero-order chi connectivity index (χ0) is 16.8. The summed E-state index contributed by atoms with van der Waals surface area (Å²) in [5.41, 5.74) is 3.40. The minimum atomic E-state index is -0.389. The van der Waals surface area contributed by atoms with E-state index in [4.69, 9.17) is 32.7 Å².